The molecule has 1 unspecified atom stereocenters. The van der Waals surface area contributed by atoms with Crippen molar-refractivity contribution in [1.82, 2.24) is 0 Å². The van der Waals surface area contributed by atoms with Crippen LogP contribution in [-0.4, -0.2) is 5.78 Å². The minimum absolute atomic E-state index is 0.0116. The van der Waals surface area contributed by atoms with Gasteiger partial charge in [-0.05, 0) is 36.2 Å². The molecule has 2 aromatic rings. The number of nitriles is 1. The second-order valence-electron chi connectivity index (χ2n) is 4.56. The van der Waals surface area contributed by atoms with Crippen LogP contribution in [0.15, 0.2) is 36.4 Å². The molecule has 0 saturated carbocycles. The predicted octanol–water partition coefficient (Wildman–Crippen LogP) is 4.42. The molecule has 0 aliphatic carbocycles. The van der Waals surface area contributed by atoms with E-state index in [1.54, 1.807) is 6.92 Å². The molecule has 2 rings (SSSR count). The van der Waals surface area contributed by atoms with E-state index in [0.29, 0.717) is 5.56 Å². The van der Waals surface area contributed by atoms with E-state index in [4.69, 9.17) is 11.6 Å². The summed E-state index contributed by atoms with van der Waals surface area (Å²) in [5.74, 6) is -2.87. The van der Waals surface area contributed by atoms with Crippen molar-refractivity contribution in [3.05, 3.63) is 69.7 Å². The molecule has 0 aliphatic rings. The number of carbonyl (C=O) groups is 1. The van der Waals surface area contributed by atoms with Crippen molar-refractivity contribution in [2.75, 3.05) is 0 Å². The molecular weight excluding hydrogens is 296 g/mol. The van der Waals surface area contributed by atoms with Gasteiger partial charge in [0.25, 0.3) is 0 Å². The van der Waals surface area contributed by atoms with Gasteiger partial charge < -0.3 is 0 Å². The molecule has 2 nitrogen and oxygen atoms in total. The summed E-state index contributed by atoms with van der Waals surface area (Å²) in [6, 6.07) is 9.26. The second-order valence-corrected chi connectivity index (χ2v) is 4.96. The highest BCUT2D eigenvalue weighted by molar-refractivity contribution is 6.31. The fraction of sp³-hybridized carbons (Fsp3) is 0.125. The maximum absolute atomic E-state index is 13.5. The van der Waals surface area contributed by atoms with E-state index in [1.807, 2.05) is 6.07 Å². The van der Waals surface area contributed by atoms with Crippen LogP contribution in [0.1, 0.15) is 27.4 Å². The molecule has 0 aromatic heterocycles. The number of benzene rings is 2. The fourth-order valence-electron chi connectivity index (χ4n) is 1.92. The third-order valence-corrected chi connectivity index (χ3v) is 3.45. The number of halogens is 3. The molecule has 0 fully saturated rings. The lowest BCUT2D eigenvalue weighted by Gasteiger charge is -2.11. The van der Waals surface area contributed by atoms with E-state index in [9.17, 15) is 18.8 Å². The lowest BCUT2D eigenvalue weighted by Crippen LogP contribution is -2.12. The van der Waals surface area contributed by atoms with Crippen molar-refractivity contribution < 1.29 is 13.6 Å². The van der Waals surface area contributed by atoms with Crippen LogP contribution in [0.3, 0.4) is 0 Å². The van der Waals surface area contributed by atoms with Gasteiger partial charge in [0.2, 0.25) is 0 Å². The fourth-order valence-corrected chi connectivity index (χ4v) is 2.19. The molecule has 0 saturated heterocycles. The van der Waals surface area contributed by atoms with E-state index >= 15 is 0 Å². The Hall–Kier alpha value is -2.25. The highest BCUT2D eigenvalue weighted by atomic mass is 35.5. The largest absolute Gasteiger partial charge is 0.292 e. The average molecular weight is 306 g/mol. The Balaban J connectivity index is 2.43. The Labute approximate surface area is 125 Å². The summed E-state index contributed by atoms with van der Waals surface area (Å²) in [7, 11) is 0. The summed E-state index contributed by atoms with van der Waals surface area (Å²) >= 11 is 5.87. The molecule has 106 valence electrons. The molecule has 21 heavy (non-hydrogen) atoms. The topological polar surface area (TPSA) is 40.9 Å². The van der Waals surface area contributed by atoms with E-state index < -0.39 is 23.3 Å². The van der Waals surface area contributed by atoms with Crippen LogP contribution in [0.25, 0.3) is 0 Å². The van der Waals surface area contributed by atoms with Crippen molar-refractivity contribution in [1.29, 1.82) is 5.26 Å². The summed E-state index contributed by atoms with van der Waals surface area (Å²) in [5, 5.41) is 9.20. The molecule has 0 aliphatic heterocycles. The van der Waals surface area contributed by atoms with Gasteiger partial charge in [-0.2, -0.15) is 5.26 Å². The van der Waals surface area contributed by atoms with Crippen LogP contribution in [0.2, 0.25) is 5.02 Å². The number of aryl methyl sites for hydroxylation is 1. The van der Waals surface area contributed by atoms with Gasteiger partial charge in [0.05, 0.1) is 6.07 Å². The van der Waals surface area contributed by atoms with Crippen LogP contribution in [-0.2, 0) is 0 Å². The summed E-state index contributed by atoms with van der Waals surface area (Å²) in [4.78, 5) is 12.3. The predicted molar refractivity (Wildman–Crippen MR) is 75.2 cm³/mol. The molecule has 5 heteroatoms. The van der Waals surface area contributed by atoms with Crippen molar-refractivity contribution in [2.24, 2.45) is 0 Å². The van der Waals surface area contributed by atoms with Gasteiger partial charge in [-0.25, -0.2) is 8.78 Å². The molecule has 0 heterocycles. The summed E-state index contributed by atoms with van der Waals surface area (Å²) in [5.41, 5.74) is 0.677. The lowest BCUT2D eigenvalue weighted by molar-refractivity contribution is 0.0978. The first-order chi connectivity index (χ1) is 9.93. The van der Waals surface area contributed by atoms with Crippen molar-refractivity contribution >= 4 is 17.4 Å². The highest BCUT2D eigenvalue weighted by Gasteiger charge is 2.24. The third kappa shape index (κ3) is 3.09. The third-order valence-electron chi connectivity index (χ3n) is 3.12. The van der Waals surface area contributed by atoms with Crippen molar-refractivity contribution in [3.8, 4) is 6.07 Å². The summed E-state index contributed by atoms with van der Waals surface area (Å²) in [6.45, 7) is 1.57. The maximum Gasteiger partial charge on any atom is 0.184 e. The van der Waals surface area contributed by atoms with Gasteiger partial charge in [-0.1, -0.05) is 29.8 Å². The minimum atomic E-state index is -1.21. The maximum atomic E-state index is 13.5. The molecule has 2 aromatic carbocycles. The summed E-state index contributed by atoms with van der Waals surface area (Å²) in [6.07, 6.45) is 0. The van der Waals surface area contributed by atoms with Crippen molar-refractivity contribution in [2.45, 2.75) is 12.8 Å². The van der Waals surface area contributed by atoms with Gasteiger partial charge in [0.15, 0.2) is 5.78 Å². The molecule has 0 N–H and O–H groups in total. The smallest absolute Gasteiger partial charge is 0.184 e. The Morgan fingerprint density at radius 2 is 1.95 bits per heavy atom. The lowest BCUT2D eigenvalue weighted by atomic mass is 9.91. The average Bonchev–Trinajstić information content (AvgIpc) is 2.44. The van der Waals surface area contributed by atoms with Crippen LogP contribution in [0.4, 0.5) is 8.78 Å². The van der Waals surface area contributed by atoms with Gasteiger partial charge >= 0.3 is 0 Å². The second kappa shape index (κ2) is 6.02. The van der Waals surface area contributed by atoms with Crippen LogP contribution in [0.5, 0.6) is 0 Å². The number of Topliss-reactive ketones (excluding diaryl/α,β-unsaturated/α-hetero) is 1. The van der Waals surface area contributed by atoms with E-state index in [2.05, 4.69) is 0 Å². The normalized spacial score (nSPS) is 11.8. The number of rotatable bonds is 3. The first kappa shape index (κ1) is 15.1. The van der Waals surface area contributed by atoms with Gasteiger partial charge in [-0.15, -0.1) is 0 Å². The Kier molecular flexibility index (Phi) is 4.35. The number of nitrogens with zero attached hydrogens (tertiary/aromatic N) is 1. The molecule has 1 atom stereocenters. The SMILES string of the molecule is Cc1ccc(C(=O)C(C#N)c2ccc(F)cc2Cl)cc1F. The van der Waals surface area contributed by atoms with Gasteiger partial charge in [-0.3, -0.25) is 4.79 Å². The molecule has 0 radical (unpaired) electrons. The van der Waals surface area contributed by atoms with Gasteiger partial charge in [0.1, 0.15) is 17.6 Å². The van der Waals surface area contributed by atoms with Crippen LogP contribution in [0, 0.1) is 29.9 Å². The molecule has 0 spiro atoms. The van der Waals surface area contributed by atoms with Gasteiger partial charge in [0, 0.05) is 10.6 Å². The number of hydrogen-bond acceptors (Lipinski definition) is 2. The zero-order chi connectivity index (χ0) is 15.6. The van der Waals surface area contributed by atoms with E-state index in [-0.39, 0.29) is 16.1 Å². The minimum Gasteiger partial charge on any atom is -0.292 e. The standard InChI is InChI=1S/C16H10ClF2NO/c1-9-2-3-10(6-15(9)19)16(21)13(8-20)12-5-4-11(18)7-14(12)17/h2-7,13H,1H3. The highest BCUT2D eigenvalue weighted by Crippen LogP contribution is 2.28. The molecule has 0 amide bonds. The van der Waals surface area contributed by atoms with Crippen molar-refractivity contribution in [3.63, 3.8) is 0 Å². The first-order valence-electron chi connectivity index (χ1n) is 6.09. The quantitative estimate of drug-likeness (QED) is 0.788. The zero-order valence-electron chi connectivity index (χ0n) is 11.0. The van der Waals surface area contributed by atoms with Crippen LogP contribution >= 0.6 is 11.6 Å². The Morgan fingerprint density at radius 1 is 1.24 bits per heavy atom. The molecule has 0 bridgehead atoms. The summed E-state index contributed by atoms with van der Waals surface area (Å²) < 4.78 is 26.6. The van der Waals surface area contributed by atoms with E-state index in [1.165, 1.54) is 18.2 Å². The Bertz CT molecular complexity index is 752. The first-order valence-corrected chi connectivity index (χ1v) is 6.46. The van der Waals surface area contributed by atoms with E-state index in [0.717, 1.165) is 18.2 Å². The monoisotopic (exact) mass is 305 g/mol. The number of ketones is 1. The zero-order valence-corrected chi connectivity index (χ0v) is 11.8. The number of carbonyl (C=O) groups excluding carboxylic acids is 1. The Morgan fingerprint density at radius 3 is 2.52 bits per heavy atom. The van der Waals surface area contributed by atoms with Crippen LogP contribution < -0.4 is 0 Å². The number of hydrogen-bond donors (Lipinski definition) is 0. The molecular formula is C16H10ClF2NO.